The van der Waals surface area contributed by atoms with Crippen molar-refractivity contribution in [1.82, 2.24) is 24.6 Å². The topological polar surface area (TPSA) is 47.7 Å². The number of aryl methyl sites for hydroxylation is 1. The predicted octanol–water partition coefficient (Wildman–Crippen LogP) is 1.87. The number of nitrogens with one attached hydrogen (secondary N) is 1. The molecule has 3 heterocycles. The van der Waals surface area contributed by atoms with E-state index in [-0.39, 0.29) is 5.54 Å². The maximum Gasteiger partial charge on any atom is 0.0956 e. The molecule has 1 saturated heterocycles. The van der Waals surface area contributed by atoms with Crippen LogP contribution in [0.4, 0.5) is 0 Å². The van der Waals surface area contributed by atoms with Gasteiger partial charge in [-0.25, -0.2) is 4.98 Å². The van der Waals surface area contributed by atoms with Gasteiger partial charge in [0.15, 0.2) is 0 Å². The molecule has 5 nitrogen and oxygen atoms in total. The van der Waals surface area contributed by atoms with Gasteiger partial charge in [-0.2, -0.15) is 5.10 Å². The van der Waals surface area contributed by atoms with Gasteiger partial charge < -0.3 is 9.88 Å². The van der Waals surface area contributed by atoms with Crippen LogP contribution < -0.4 is 5.32 Å². The summed E-state index contributed by atoms with van der Waals surface area (Å²) in [4.78, 5) is 4.36. The highest BCUT2D eigenvalue weighted by atomic mass is 15.3. The van der Waals surface area contributed by atoms with Crippen molar-refractivity contribution < 1.29 is 0 Å². The fraction of sp³-hybridized carbons (Fsp3) is 0.571. The number of nitrogens with zero attached hydrogens (tertiary/aromatic N) is 4. The summed E-state index contributed by atoms with van der Waals surface area (Å²) in [6, 6.07) is 0. The summed E-state index contributed by atoms with van der Waals surface area (Å²) >= 11 is 0. The third kappa shape index (κ3) is 2.18. The fourth-order valence-electron chi connectivity index (χ4n) is 2.81. The first-order chi connectivity index (χ1) is 9.23. The summed E-state index contributed by atoms with van der Waals surface area (Å²) in [5.41, 5.74) is 2.48. The van der Waals surface area contributed by atoms with E-state index >= 15 is 0 Å². The summed E-state index contributed by atoms with van der Waals surface area (Å²) in [5, 5.41) is 7.79. The van der Waals surface area contributed by atoms with Gasteiger partial charge in [-0.3, -0.25) is 4.68 Å². The quantitative estimate of drug-likeness (QED) is 0.915. The first-order valence-corrected chi connectivity index (χ1v) is 6.99. The molecule has 0 spiro atoms. The van der Waals surface area contributed by atoms with Crippen LogP contribution >= 0.6 is 0 Å². The van der Waals surface area contributed by atoms with Crippen LogP contribution in [-0.2, 0) is 12.1 Å². The normalized spacial score (nSPS) is 18.6. The van der Waals surface area contributed by atoms with Crippen LogP contribution in [-0.4, -0.2) is 32.4 Å². The Bertz CT molecular complexity index is 548. The van der Waals surface area contributed by atoms with Crippen LogP contribution in [0.3, 0.4) is 0 Å². The van der Waals surface area contributed by atoms with Crippen LogP contribution in [0.1, 0.15) is 26.7 Å². The molecule has 0 radical (unpaired) electrons. The zero-order valence-electron chi connectivity index (χ0n) is 11.6. The number of hydrogen-bond acceptors (Lipinski definition) is 3. The zero-order chi connectivity index (χ0) is 13.3. The van der Waals surface area contributed by atoms with E-state index in [2.05, 4.69) is 40.0 Å². The lowest BCUT2D eigenvalue weighted by molar-refractivity contribution is 0.233. The summed E-state index contributed by atoms with van der Waals surface area (Å²) in [5.74, 6) is 0. The zero-order valence-corrected chi connectivity index (χ0v) is 11.6. The van der Waals surface area contributed by atoms with Crippen molar-refractivity contribution in [2.24, 2.45) is 0 Å². The highest BCUT2D eigenvalue weighted by molar-refractivity contribution is 5.57. The van der Waals surface area contributed by atoms with Crippen molar-refractivity contribution in [3.63, 3.8) is 0 Å². The van der Waals surface area contributed by atoms with Crippen molar-refractivity contribution in [2.45, 2.75) is 38.8 Å². The van der Waals surface area contributed by atoms with Crippen LogP contribution in [0.5, 0.6) is 0 Å². The molecule has 0 bridgehead atoms. The Hall–Kier alpha value is -1.62. The summed E-state index contributed by atoms with van der Waals surface area (Å²) in [6.07, 6.45) is 10.2. The molecular formula is C14H21N5. The number of piperidine rings is 1. The molecule has 1 aliphatic heterocycles. The molecule has 5 heteroatoms. The van der Waals surface area contributed by atoms with E-state index in [0.717, 1.165) is 38.0 Å². The van der Waals surface area contributed by atoms with Crippen LogP contribution in [0, 0.1) is 0 Å². The van der Waals surface area contributed by atoms with Gasteiger partial charge in [0.2, 0.25) is 0 Å². The Balaban J connectivity index is 1.97. The predicted molar refractivity (Wildman–Crippen MR) is 74.9 cm³/mol. The van der Waals surface area contributed by atoms with E-state index in [9.17, 15) is 0 Å². The van der Waals surface area contributed by atoms with E-state index in [1.54, 1.807) is 0 Å². The Morgan fingerprint density at radius 3 is 2.79 bits per heavy atom. The number of imidazole rings is 1. The van der Waals surface area contributed by atoms with Crippen molar-refractivity contribution in [2.75, 3.05) is 13.1 Å². The van der Waals surface area contributed by atoms with E-state index < -0.39 is 0 Å². The van der Waals surface area contributed by atoms with Crippen LogP contribution in [0.25, 0.3) is 11.3 Å². The van der Waals surface area contributed by atoms with Gasteiger partial charge in [0.25, 0.3) is 0 Å². The molecule has 102 valence electrons. The smallest absolute Gasteiger partial charge is 0.0956 e. The minimum absolute atomic E-state index is 0.158. The molecule has 3 rings (SSSR count). The minimum Gasteiger partial charge on any atom is -0.324 e. The van der Waals surface area contributed by atoms with Crippen molar-refractivity contribution >= 4 is 0 Å². The molecule has 0 atom stereocenters. The van der Waals surface area contributed by atoms with Gasteiger partial charge in [0, 0.05) is 23.8 Å². The molecule has 1 aliphatic rings. The first-order valence-electron chi connectivity index (χ1n) is 6.99. The first kappa shape index (κ1) is 12.4. The lowest BCUT2D eigenvalue weighted by atomic mass is 9.90. The molecule has 0 aliphatic carbocycles. The average Bonchev–Trinajstić information content (AvgIpc) is 3.08. The third-order valence-corrected chi connectivity index (χ3v) is 4.15. The van der Waals surface area contributed by atoms with Gasteiger partial charge >= 0.3 is 0 Å². The van der Waals surface area contributed by atoms with E-state index in [4.69, 9.17) is 0 Å². The van der Waals surface area contributed by atoms with E-state index in [1.807, 2.05) is 23.4 Å². The molecule has 2 aromatic heterocycles. The Kier molecular flexibility index (Phi) is 3.14. The maximum atomic E-state index is 4.36. The van der Waals surface area contributed by atoms with Gasteiger partial charge in [-0.15, -0.1) is 0 Å². The van der Waals surface area contributed by atoms with E-state index in [1.165, 1.54) is 5.69 Å². The second-order valence-electron chi connectivity index (χ2n) is 5.48. The average molecular weight is 259 g/mol. The second kappa shape index (κ2) is 4.81. The SMILES string of the molecule is CCn1cc(-c2cncn2C2(C)CCNCC2)cn1. The van der Waals surface area contributed by atoms with Gasteiger partial charge in [-0.1, -0.05) is 0 Å². The number of rotatable bonds is 3. The lowest BCUT2D eigenvalue weighted by Crippen LogP contribution is -2.41. The highest BCUT2D eigenvalue weighted by Gasteiger charge is 2.30. The van der Waals surface area contributed by atoms with Crippen LogP contribution in [0.15, 0.2) is 24.9 Å². The Morgan fingerprint density at radius 1 is 1.32 bits per heavy atom. The standard InChI is InChI=1S/C14H21N5/c1-3-18-10-12(8-17-18)13-9-16-11-19(13)14(2)4-6-15-7-5-14/h8-11,15H,3-7H2,1-2H3. The number of aromatic nitrogens is 4. The third-order valence-electron chi connectivity index (χ3n) is 4.15. The molecule has 0 saturated carbocycles. The molecule has 2 aromatic rings. The van der Waals surface area contributed by atoms with E-state index in [0.29, 0.717) is 0 Å². The second-order valence-corrected chi connectivity index (χ2v) is 5.48. The van der Waals surface area contributed by atoms with Crippen molar-refractivity contribution in [1.29, 1.82) is 0 Å². The molecule has 1 N–H and O–H groups in total. The minimum atomic E-state index is 0.158. The van der Waals surface area contributed by atoms with Crippen molar-refractivity contribution in [3.05, 3.63) is 24.9 Å². The van der Waals surface area contributed by atoms with Gasteiger partial charge in [0.1, 0.15) is 0 Å². The van der Waals surface area contributed by atoms with Gasteiger partial charge in [0.05, 0.1) is 24.4 Å². The van der Waals surface area contributed by atoms with Gasteiger partial charge in [-0.05, 0) is 39.8 Å². The molecule has 0 aromatic carbocycles. The number of hydrogen-bond donors (Lipinski definition) is 1. The monoisotopic (exact) mass is 259 g/mol. The largest absolute Gasteiger partial charge is 0.324 e. The van der Waals surface area contributed by atoms with Crippen LogP contribution in [0.2, 0.25) is 0 Å². The summed E-state index contributed by atoms with van der Waals surface area (Å²) in [7, 11) is 0. The lowest BCUT2D eigenvalue weighted by Gasteiger charge is -2.36. The van der Waals surface area contributed by atoms with Crippen molar-refractivity contribution in [3.8, 4) is 11.3 Å². The maximum absolute atomic E-state index is 4.36. The fourth-order valence-corrected chi connectivity index (χ4v) is 2.81. The molecule has 19 heavy (non-hydrogen) atoms. The Labute approximate surface area is 113 Å². The Morgan fingerprint density at radius 2 is 2.11 bits per heavy atom. The highest BCUT2D eigenvalue weighted by Crippen LogP contribution is 2.32. The molecular weight excluding hydrogens is 238 g/mol. The molecule has 1 fully saturated rings. The molecule has 0 amide bonds. The summed E-state index contributed by atoms with van der Waals surface area (Å²) < 4.78 is 4.28. The summed E-state index contributed by atoms with van der Waals surface area (Å²) in [6.45, 7) is 7.46. The molecule has 0 unspecified atom stereocenters.